The van der Waals surface area contributed by atoms with Gasteiger partial charge in [-0.05, 0) is 56.9 Å². The van der Waals surface area contributed by atoms with Crippen LogP contribution >= 0.6 is 27.3 Å². The van der Waals surface area contributed by atoms with Gasteiger partial charge in [0.1, 0.15) is 0 Å². The van der Waals surface area contributed by atoms with Crippen molar-refractivity contribution >= 4 is 49.6 Å². The first-order chi connectivity index (χ1) is 12.4. The molecule has 26 heavy (non-hydrogen) atoms. The lowest BCUT2D eigenvalue weighted by Gasteiger charge is -2.39. The number of nitrogens with one attached hydrogen (secondary N) is 2. The molecule has 0 radical (unpaired) electrons. The highest BCUT2D eigenvalue weighted by atomic mass is 79.9. The first-order valence-corrected chi connectivity index (χ1v) is 10.3. The maximum Gasteiger partial charge on any atom is 0.162 e. The number of fused-ring (bicyclic) bond motifs is 3. The molecule has 3 aromatic rings. The zero-order chi connectivity index (χ0) is 18.1. The van der Waals surface area contributed by atoms with Crippen molar-refractivity contribution in [1.29, 1.82) is 0 Å². The van der Waals surface area contributed by atoms with E-state index in [1.807, 2.05) is 6.20 Å². The van der Waals surface area contributed by atoms with E-state index in [1.165, 1.54) is 0 Å². The Morgan fingerprint density at radius 1 is 1.31 bits per heavy atom. The number of benzene rings is 1. The number of nitrogens with zero attached hydrogens (tertiary/aromatic N) is 1. The predicted octanol–water partition coefficient (Wildman–Crippen LogP) is 5.59. The molecule has 6 heteroatoms. The molecule has 0 spiro atoms. The van der Waals surface area contributed by atoms with Crippen molar-refractivity contribution in [2.75, 3.05) is 5.32 Å². The minimum absolute atomic E-state index is 0.0156. The SMILES string of the molecule is CC1(C)CC(=O)C2=C(C1)Nc1ccc3cn[nH]c3c1C2c1csc(Br)c1. The summed E-state index contributed by atoms with van der Waals surface area (Å²) in [7, 11) is 0. The van der Waals surface area contributed by atoms with E-state index in [1.54, 1.807) is 11.3 Å². The number of Topliss-reactive ketones (excluding diaryl/α,β-unsaturated/α-hetero) is 1. The Bertz CT molecular complexity index is 1090. The Balaban J connectivity index is 1.81. The Morgan fingerprint density at radius 2 is 2.15 bits per heavy atom. The van der Waals surface area contributed by atoms with E-state index < -0.39 is 0 Å². The Labute approximate surface area is 163 Å². The first-order valence-electron chi connectivity index (χ1n) is 8.66. The molecule has 4 nitrogen and oxygen atoms in total. The third-order valence-electron chi connectivity index (χ3n) is 5.36. The number of anilines is 1. The number of hydrogen-bond acceptors (Lipinski definition) is 4. The van der Waals surface area contributed by atoms with Crippen LogP contribution in [0, 0.1) is 5.41 Å². The largest absolute Gasteiger partial charge is 0.358 e. The molecule has 0 saturated carbocycles. The van der Waals surface area contributed by atoms with Gasteiger partial charge >= 0.3 is 0 Å². The van der Waals surface area contributed by atoms with Crippen LogP contribution in [0.3, 0.4) is 0 Å². The molecule has 1 unspecified atom stereocenters. The van der Waals surface area contributed by atoms with E-state index >= 15 is 0 Å². The number of H-pyrrole nitrogens is 1. The lowest BCUT2D eigenvalue weighted by molar-refractivity contribution is -0.118. The zero-order valence-electron chi connectivity index (χ0n) is 14.5. The van der Waals surface area contributed by atoms with E-state index in [4.69, 9.17) is 0 Å². The maximum atomic E-state index is 13.2. The molecule has 132 valence electrons. The lowest BCUT2D eigenvalue weighted by atomic mass is 9.69. The van der Waals surface area contributed by atoms with E-state index in [9.17, 15) is 4.79 Å². The molecule has 2 aromatic heterocycles. The molecule has 0 bridgehead atoms. The predicted molar refractivity (Wildman–Crippen MR) is 109 cm³/mol. The molecule has 2 aliphatic rings. The average Bonchev–Trinajstić information content (AvgIpc) is 3.20. The number of thiophene rings is 1. The first kappa shape index (κ1) is 16.3. The third-order valence-corrected chi connectivity index (χ3v) is 6.88. The normalized spacial score (nSPS) is 21.5. The molecule has 1 aliphatic heterocycles. The summed E-state index contributed by atoms with van der Waals surface area (Å²) in [6.07, 6.45) is 3.31. The summed E-state index contributed by atoms with van der Waals surface area (Å²) in [5, 5.41) is 14.2. The highest BCUT2D eigenvalue weighted by molar-refractivity contribution is 9.11. The van der Waals surface area contributed by atoms with Crippen molar-refractivity contribution in [3.8, 4) is 0 Å². The second kappa shape index (κ2) is 5.54. The minimum atomic E-state index is -0.0588. The third kappa shape index (κ3) is 2.39. The van der Waals surface area contributed by atoms with Gasteiger partial charge in [-0.3, -0.25) is 9.89 Å². The van der Waals surface area contributed by atoms with Gasteiger partial charge in [-0.15, -0.1) is 11.3 Å². The minimum Gasteiger partial charge on any atom is -0.358 e. The van der Waals surface area contributed by atoms with Crippen molar-refractivity contribution in [3.63, 3.8) is 0 Å². The number of hydrogen-bond donors (Lipinski definition) is 2. The molecule has 2 N–H and O–H groups in total. The van der Waals surface area contributed by atoms with Crippen LogP contribution in [0.5, 0.6) is 0 Å². The number of carbonyl (C=O) groups is 1. The Hall–Kier alpha value is -1.92. The zero-order valence-corrected chi connectivity index (χ0v) is 16.9. The number of rotatable bonds is 1. The van der Waals surface area contributed by atoms with Gasteiger partial charge in [0.2, 0.25) is 0 Å². The molecule has 0 amide bonds. The summed E-state index contributed by atoms with van der Waals surface area (Å²) < 4.78 is 1.08. The maximum absolute atomic E-state index is 13.2. The van der Waals surface area contributed by atoms with Crippen molar-refractivity contribution in [1.82, 2.24) is 10.2 Å². The van der Waals surface area contributed by atoms with Crippen LogP contribution in [0.15, 0.2) is 44.8 Å². The summed E-state index contributed by atoms with van der Waals surface area (Å²) in [5.74, 6) is 0.190. The van der Waals surface area contributed by atoms with Crippen LogP contribution in [0.2, 0.25) is 0 Å². The number of aromatic nitrogens is 2. The van der Waals surface area contributed by atoms with E-state index in [0.717, 1.165) is 49.2 Å². The van der Waals surface area contributed by atoms with Gasteiger partial charge in [0.25, 0.3) is 0 Å². The fourth-order valence-corrected chi connectivity index (χ4v) is 5.54. The van der Waals surface area contributed by atoms with Gasteiger partial charge < -0.3 is 5.32 Å². The van der Waals surface area contributed by atoms with E-state index in [-0.39, 0.29) is 17.1 Å². The molecule has 1 atom stereocenters. The van der Waals surface area contributed by atoms with Crippen molar-refractivity contribution in [2.24, 2.45) is 5.41 Å². The van der Waals surface area contributed by atoms with Crippen molar-refractivity contribution in [2.45, 2.75) is 32.6 Å². The number of halogens is 1. The average molecular weight is 428 g/mol. The second-order valence-electron chi connectivity index (χ2n) is 7.94. The molecule has 3 heterocycles. The fourth-order valence-electron chi connectivity index (χ4n) is 4.34. The van der Waals surface area contributed by atoms with Gasteiger partial charge in [0, 0.05) is 40.2 Å². The Morgan fingerprint density at radius 3 is 2.92 bits per heavy atom. The summed E-state index contributed by atoms with van der Waals surface area (Å²) in [6, 6.07) is 6.32. The summed E-state index contributed by atoms with van der Waals surface area (Å²) >= 11 is 5.24. The molecule has 0 saturated heterocycles. The summed E-state index contributed by atoms with van der Waals surface area (Å²) in [4.78, 5) is 13.2. The van der Waals surface area contributed by atoms with Gasteiger partial charge in [0.15, 0.2) is 5.78 Å². The highest BCUT2D eigenvalue weighted by Gasteiger charge is 2.41. The molecular formula is C20H18BrN3OS. The van der Waals surface area contributed by atoms with Crippen LogP contribution in [0.1, 0.15) is 43.7 Å². The monoisotopic (exact) mass is 427 g/mol. The van der Waals surface area contributed by atoms with Crippen LogP contribution in [0.25, 0.3) is 10.9 Å². The van der Waals surface area contributed by atoms with Crippen LogP contribution in [0.4, 0.5) is 5.69 Å². The lowest BCUT2D eigenvalue weighted by Crippen LogP contribution is -2.33. The van der Waals surface area contributed by atoms with Crippen LogP contribution in [-0.4, -0.2) is 16.0 Å². The summed E-state index contributed by atoms with van der Waals surface area (Å²) in [6.45, 7) is 4.33. The smallest absolute Gasteiger partial charge is 0.162 e. The summed E-state index contributed by atoms with van der Waals surface area (Å²) in [5.41, 5.74) is 6.33. The molecular weight excluding hydrogens is 410 g/mol. The quantitative estimate of drug-likeness (QED) is 0.532. The Kier molecular flexibility index (Phi) is 3.46. The molecule has 1 aliphatic carbocycles. The molecule has 1 aromatic carbocycles. The number of carbonyl (C=O) groups excluding carboxylic acids is 1. The molecule has 5 rings (SSSR count). The van der Waals surface area contributed by atoms with Crippen LogP contribution in [-0.2, 0) is 4.79 Å². The van der Waals surface area contributed by atoms with Gasteiger partial charge in [0.05, 0.1) is 15.5 Å². The van der Waals surface area contributed by atoms with Crippen molar-refractivity contribution in [3.05, 3.63) is 56.0 Å². The number of aromatic amines is 1. The standard InChI is InChI=1S/C20H18BrN3OS/c1-20(2)6-13-17(14(25)7-20)16(11-5-15(21)26-9-11)18-12(23-13)4-3-10-8-22-24-19(10)18/h3-5,8-9,16,23H,6-7H2,1-2H3,(H,22,24). The fraction of sp³-hybridized carbons (Fsp3) is 0.300. The topological polar surface area (TPSA) is 57.8 Å². The van der Waals surface area contributed by atoms with Crippen molar-refractivity contribution < 1.29 is 4.79 Å². The van der Waals surface area contributed by atoms with Crippen LogP contribution < -0.4 is 5.32 Å². The van der Waals surface area contributed by atoms with Gasteiger partial charge in [-0.1, -0.05) is 13.8 Å². The van der Waals surface area contributed by atoms with Gasteiger partial charge in [-0.2, -0.15) is 5.10 Å². The molecule has 0 fully saturated rings. The second-order valence-corrected chi connectivity index (χ2v) is 10.2. The van der Waals surface area contributed by atoms with E-state index in [0.29, 0.717) is 6.42 Å². The van der Waals surface area contributed by atoms with Gasteiger partial charge in [-0.25, -0.2) is 0 Å². The van der Waals surface area contributed by atoms with E-state index in [2.05, 4.69) is 68.9 Å². The number of allylic oxidation sites excluding steroid dienone is 2. The highest BCUT2D eigenvalue weighted by Crippen LogP contribution is 2.51. The number of ketones is 1.